The Labute approximate surface area is 125 Å². The van der Waals surface area contributed by atoms with Crippen molar-refractivity contribution in [1.82, 2.24) is 19.7 Å². The van der Waals surface area contributed by atoms with E-state index in [2.05, 4.69) is 10.1 Å². The fraction of sp³-hybridized carbons (Fsp3) is 0.267. The Hall–Kier alpha value is -2.21. The van der Waals surface area contributed by atoms with E-state index in [9.17, 15) is 4.79 Å². The van der Waals surface area contributed by atoms with Crippen LogP contribution < -0.4 is 0 Å². The van der Waals surface area contributed by atoms with Crippen molar-refractivity contribution in [2.75, 3.05) is 13.1 Å². The smallest absolute Gasteiger partial charge is 0.282 e. The number of carbonyl (C=O) groups is 1. The van der Waals surface area contributed by atoms with E-state index in [0.717, 1.165) is 23.2 Å². The Balaban J connectivity index is 1.55. The highest BCUT2D eigenvalue weighted by Gasteiger charge is 2.29. The van der Waals surface area contributed by atoms with Crippen molar-refractivity contribution >= 4 is 27.5 Å². The molecule has 0 bridgehead atoms. The SMILES string of the molecule is O=C(c1nc2ccccc2s1)N1CCC(n2cccn2)C1. The van der Waals surface area contributed by atoms with Crippen LogP contribution >= 0.6 is 11.3 Å². The Morgan fingerprint density at radius 2 is 2.19 bits per heavy atom. The number of para-hydroxylation sites is 1. The Morgan fingerprint density at radius 3 is 3.00 bits per heavy atom. The van der Waals surface area contributed by atoms with Gasteiger partial charge in [0.2, 0.25) is 0 Å². The first-order valence-corrected chi connectivity index (χ1v) is 7.77. The molecule has 3 aromatic rings. The van der Waals surface area contributed by atoms with Gasteiger partial charge in [-0.15, -0.1) is 11.3 Å². The van der Waals surface area contributed by atoms with Gasteiger partial charge in [-0.1, -0.05) is 12.1 Å². The largest absolute Gasteiger partial charge is 0.334 e. The van der Waals surface area contributed by atoms with Crippen LogP contribution in [0.25, 0.3) is 10.2 Å². The highest BCUT2D eigenvalue weighted by molar-refractivity contribution is 7.20. The molecule has 1 saturated heterocycles. The monoisotopic (exact) mass is 298 g/mol. The topological polar surface area (TPSA) is 51.0 Å². The van der Waals surface area contributed by atoms with E-state index >= 15 is 0 Å². The van der Waals surface area contributed by atoms with E-state index in [1.165, 1.54) is 11.3 Å². The van der Waals surface area contributed by atoms with Gasteiger partial charge in [-0.05, 0) is 24.6 Å². The first kappa shape index (κ1) is 12.5. The van der Waals surface area contributed by atoms with Crippen LogP contribution in [0.15, 0.2) is 42.7 Å². The van der Waals surface area contributed by atoms with E-state index in [0.29, 0.717) is 11.6 Å². The predicted molar refractivity (Wildman–Crippen MR) is 81.4 cm³/mol. The van der Waals surface area contributed by atoms with Gasteiger partial charge in [-0.25, -0.2) is 4.98 Å². The summed E-state index contributed by atoms with van der Waals surface area (Å²) in [6.45, 7) is 1.47. The molecule has 1 aromatic carbocycles. The zero-order chi connectivity index (χ0) is 14.2. The molecule has 6 heteroatoms. The van der Waals surface area contributed by atoms with Gasteiger partial charge in [0.15, 0.2) is 5.01 Å². The molecule has 106 valence electrons. The van der Waals surface area contributed by atoms with E-state index in [1.807, 2.05) is 46.1 Å². The van der Waals surface area contributed by atoms with Crippen molar-refractivity contribution in [2.24, 2.45) is 0 Å². The lowest BCUT2D eigenvalue weighted by Gasteiger charge is -2.15. The lowest BCUT2D eigenvalue weighted by atomic mass is 10.3. The summed E-state index contributed by atoms with van der Waals surface area (Å²) in [5.41, 5.74) is 0.897. The average Bonchev–Trinajstić information content (AvgIpc) is 3.24. The molecule has 1 unspecified atom stereocenters. The summed E-state index contributed by atoms with van der Waals surface area (Å²) in [6.07, 6.45) is 4.67. The normalized spacial score (nSPS) is 18.5. The van der Waals surface area contributed by atoms with Gasteiger partial charge >= 0.3 is 0 Å². The van der Waals surface area contributed by atoms with Crippen molar-refractivity contribution in [3.63, 3.8) is 0 Å². The fourth-order valence-corrected chi connectivity index (χ4v) is 3.67. The number of likely N-dealkylation sites (tertiary alicyclic amines) is 1. The van der Waals surface area contributed by atoms with Crippen molar-refractivity contribution in [3.8, 4) is 0 Å². The number of nitrogens with zero attached hydrogens (tertiary/aromatic N) is 4. The number of benzene rings is 1. The second-order valence-corrected chi connectivity index (χ2v) is 6.20. The van der Waals surface area contributed by atoms with Gasteiger partial charge < -0.3 is 4.90 Å². The molecule has 2 aromatic heterocycles. The average molecular weight is 298 g/mol. The van der Waals surface area contributed by atoms with Crippen molar-refractivity contribution < 1.29 is 4.79 Å². The Morgan fingerprint density at radius 1 is 1.29 bits per heavy atom. The minimum atomic E-state index is 0.0332. The molecule has 0 aliphatic carbocycles. The minimum Gasteiger partial charge on any atom is -0.334 e. The Bertz CT molecular complexity index is 747. The standard InChI is InChI=1S/C15H14N4OS/c20-15(14-17-12-4-1-2-5-13(12)21-14)18-9-6-11(10-18)19-8-3-7-16-19/h1-5,7-8,11H,6,9-10H2. The van der Waals surface area contributed by atoms with Crippen LogP contribution in [0.5, 0.6) is 0 Å². The van der Waals surface area contributed by atoms with Gasteiger partial charge in [0.25, 0.3) is 5.91 Å². The van der Waals surface area contributed by atoms with E-state index in [4.69, 9.17) is 0 Å². The molecule has 3 heterocycles. The molecule has 1 amide bonds. The molecule has 1 atom stereocenters. The number of aromatic nitrogens is 3. The number of amides is 1. The summed E-state index contributed by atoms with van der Waals surface area (Å²) in [6, 6.07) is 10.0. The molecule has 0 N–H and O–H groups in total. The van der Waals surface area contributed by atoms with Crippen LogP contribution in [0.3, 0.4) is 0 Å². The first-order chi connectivity index (χ1) is 10.3. The molecule has 1 aliphatic rings. The third-order valence-corrected chi connectivity index (χ3v) is 4.85. The number of carbonyl (C=O) groups excluding carboxylic acids is 1. The third-order valence-electron chi connectivity index (χ3n) is 3.83. The maximum atomic E-state index is 12.6. The van der Waals surface area contributed by atoms with E-state index in [1.54, 1.807) is 6.20 Å². The molecule has 0 radical (unpaired) electrons. The highest BCUT2D eigenvalue weighted by atomic mass is 32.1. The zero-order valence-electron chi connectivity index (χ0n) is 11.3. The number of rotatable bonds is 2. The molecule has 4 rings (SSSR count). The maximum Gasteiger partial charge on any atom is 0.282 e. The first-order valence-electron chi connectivity index (χ1n) is 6.95. The van der Waals surface area contributed by atoms with Crippen LogP contribution in [0.1, 0.15) is 22.3 Å². The summed E-state index contributed by atoms with van der Waals surface area (Å²) in [4.78, 5) is 18.9. The predicted octanol–water partition coefficient (Wildman–Crippen LogP) is 2.58. The van der Waals surface area contributed by atoms with Gasteiger partial charge in [0, 0.05) is 25.5 Å². The third kappa shape index (κ3) is 2.21. The summed E-state index contributed by atoms with van der Waals surface area (Å²) in [5.74, 6) is 0.0332. The molecule has 21 heavy (non-hydrogen) atoms. The van der Waals surface area contributed by atoms with Crippen molar-refractivity contribution in [3.05, 3.63) is 47.7 Å². The maximum absolute atomic E-state index is 12.6. The van der Waals surface area contributed by atoms with Gasteiger partial charge in [0.05, 0.1) is 16.3 Å². The molecule has 0 spiro atoms. The van der Waals surface area contributed by atoms with E-state index in [-0.39, 0.29) is 11.9 Å². The molecule has 1 fully saturated rings. The lowest BCUT2D eigenvalue weighted by Crippen LogP contribution is -2.29. The van der Waals surface area contributed by atoms with Crippen LogP contribution in [-0.4, -0.2) is 38.7 Å². The summed E-state index contributed by atoms with van der Waals surface area (Å²) >= 11 is 1.47. The molecule has 0 saturated carbocycles. The van der Waals surface area contributed by atoms with Gasteiger partial charge in [-0.3, -0.25) is 9.48 Å². The number of thiazole rings is 1. The highest BCUT2D eigenvalue weighted by Crippen LogP contribution is 2.26. The molecular weight excluding hydrogens is 284 g/mol. The zero-order valence-corrected chi connectivity index (χ0v) is 12.2. The number of hydrogen-bond donors (Lipinski definition) is 0. The van der Waals surface area contributed by atoms with Crippen molar-refractivity contribution in [2.45, 2.75) is 12.5 Å². The Kier molecular flexibility index (Phi) is 2.96. The number of fused-ring (bicyclic) bond motifs is 1. The van der Waals surface area contributed by atoms with Crippen LogP contribution in [0.4, 0.5) is 0 Å². The summed E-state index contributed by atoms with van der Waals surface area (Å²) in [5, 5.41) is 4.85. The summed E-state index contributed by atoms with van der Waals surface area (Å²) in [7, 11) is 0. The summed E-state index contributed by atoms with van der Waals surface area (Å²) < 4.78 is 3.00. The number of hydrogen-bond acceptors (Lipinski definition) is 4. The molecule has 5 nitrogen and oxygen atoms in total. The van der Waals surface area contributed by atoms with Gasteiger partial charge in [0.1, 0.15) is 0 Å². The molecular formula is C15H14N4OS. The lowest BCUT2D eigenvalue weighted by molar-refractivity contribution is 0.0787. The second kappa shape index (κ2) is 4.96. The van der Waals surface area contributed by atoms with Crippen LogP contribution in [0, 0.1) is 0 Å². The van der Waals surface area contributed by atoms with Crippen LogP contribution in [-0.2, 0) is 0 Å². The van der Waals surface area contributed by atoms with E-state index < -0.39 is 0 Å². The molecule has 1 aliphatic heterocycles. The fourth-order valence-electron chi connectivity index (χ4n) is 2.74. The quantitative estimate of drug-likeness (QED) is 0.730. The minimum absolute atomic E-state index is 0.0332. The van der Waals surface area contributed by atoms with Crippen LogP contribution in [0.2, 0.25) is 0 Å². The van der Waals surface area contributed by atoms with Crippen molar-refractivity contribution in [1.29, 1.82) is 0 Å². The van der Waals surface area contributed by atoms with Gasteiger partial charge in [-0.2, -0.15) is 5.10 Å². The second-order valence-electron chi connectivity index (χ2n) is 5.17.